The molecule has 5 unspecified atom stereocenters. The summed E-state index contributed by atoms with van der Waals surface area (Å²) < 4.78 is 5.54. The summed E-state index contributed by atoms with van der Waals surface area (Å²) in [5.74, 6) is 3.58. The molecule has 2 aliphatic carbocycles. The van der Waals surface area contributed by atoms with Crippen LogP contribution in [0.1, 0.15) is 153 Å². The van der Waals surface area contributed by atoms with Crippen LogP contribution in [0.2, 0.25) is 0 Å². The first-order valence-corrected chi connectivity index (χ1v) is 18.2. The van der Waals surface area contributed by atoms with Crippen molar-refractivity contribution in [3.8, 4) is 0 Å². The first-order valence-electron chi connectivity index (χ1n) is 18.2. The van der Waals surface area contributed by atoms with Gasteiger partial charge in [0, 0.05) is 19.2 Å². The Morgan fingerprint density at radius 3 is 1.80 bits per heavy atom. The fraction of sp³-hybridized carbons (Fsp3) is 0.900. The van der Waals surface area contributed by atoms with Gasteiger partial charge in [-0.2, -0.15) is 0 Å². The molecular weight excluding hydrogens is 538 g/mol. The molecule has 0 spiro atoms. The maximum absolute atomic E-state index is 5.54. The van der Waals surface area contributed by atoms with Gasteiger partial charge in [0.2, 0.25) is 0 Å². The van der Waals surface area contributed by atoms with Crippen LogP contribution >= 0.6 is 0 Å². The topological polar surface area (TPSA) is 41.7 Å². The van der Waals surface area contributed by atoms with Crippen molar-refractivity contribution in [3.63, 3.8) is 0 Å². The van der Waals surface area contributed by atoms with E-state index in [0.717, 1.165) is 42.8 Å². The molecule has 0 aliphatic heterocycles. The molecule has 268 valence electrons. The van der Waals surface area contributed by atoms with Gasteiger partial charge in [-0.3, -0.25) is 0 Å². The van der Waals surface area contributed by atoms with Gasteiger partial charge in [-0.15, -0.1) is 13.2 Å². The van der Waals surface area contributed by atoms with Crippen molar-refractivity contribution in [2.24, 2.45) is 29.4 Å². The van der Waals surface area contributed by atoms with Gasteiger partial charge in [-0.1, -0.05) is 93.7 Å². The predicted molar refractivity (Wildman–Crippen MR) is 205 cm³/mol. The molecule has 0 saturated heterocycles. The van der Waals surface area contributed by atoms with E-state index in [0.29, 0.717) is 12.0 Å². The fourth-order valence-electron chi connectivity index (χ4n) is 5.83. The maximum atomic E-state index is 5.54. The van der Waals surface area contributed by atoms with Gasteiger partial charge in [0.05, 0.1) is 6.10 Å². The van der Waals surface area contributed by atoms with Crippen molar-refractivity contribution in [2.45, 2.75) is 171 Å². The van der Waals surface area contributed by atoms with E-state index in [1.807, 2.05) is 20.1 Å². The zero-order valence-electron chi connectivity index (χ0n) is 31.8. The smallest absolute Gasteiger partial charge is 0.0571 e. The van der Waals surface area contributed by atoms with Crippen LogP contribution in [-0.2, 0) is 4.74 Å². The van der Waals surface area contributed by atoms with Gasteiger partial charge in [0.15, 0.2) is 0 Å². The number of ether oxygens (including phenoxy) is 1. The Morgan fingerprint density at radius 1 is 0.932 bits per heavy atom. The number of nitrogens with zero attached hydrogens (tertiary/aromatic N) is 2. The van der Waals surface area contributed by atoms with Crippen LogP contribution in [-0.4, -0.2) is 69.3 Å². The summed E-state index contributed by atoms with van der Waals surface area (Å²) in [5.41, 5.74) is 5.17. The summed E-state index contributed by atoms with van der Waals surface area (Å²) >= 11 is 0. The Balaban J connectivity index is -0.000000272. The lowest BCUT2D eigenvalue weighted by molar-refractivity contribution is 0.0732. The number of rotatable bonds is 15. The largest absolute Gasteiger partial charge is 0.381 e. The van der Waals surface area contributed by atoms with Crippen LogP contribution in [0, 0.1) is 23.7 Å². The summed E-state index contributed by atoms with van der Waals surface area (Å²) in [6.07, 6.45) is 22.9. The van der Waals surface area contributed by atoms with Gasteiger partial charge in [0.25, 0.3) is 0 Å². The van der Waals surface area contributed by atoms with Gasteiger partial charge in [-0.05, 0) is 129 Å². The summed E-state index contributed by atoms with van der Waals surface area (Å²) in [7, 11) is 8.63. The molecule has 44 heavy (non-hydrogen) atoms. The standard InChI is InChI=1S/C17H35NO.C11H23N.C4H11N.C4H8.C3H6.CH4/c1-5-9-16(19-4)13-8-14-18(3)17(10-6-2)15-11-7-12-15;1-5-10-6-9(2)7-11(8-10)12(3)4;1-4(2)3-5;1-3-4-2;1-3-2;/h15-17H,5-14H2,1-4H3;9-11H,5-8H2,1-4H3;4H,3,5H2,1-2H3;3H,1,4H2,2H3;3H,1H2,2H3;1H4. The SMILES string of the molecule is C.C=CC.C=CCC.CC(C)CN.CCC1CC(C)CC(N(C)C)C1.CCCC(CCCN(C)C(CCC)C1CCC1)OC. The second kappa shape index (κ2) is 35.2. The average molecular weight is 626 g/mol. The van der Waals surface area contributed by atoms with Crippen LogP contribution in [0.5, 0.6) is 0 Å². The number of hydrogen-bond donors (Lipinski definition) is 1. The lowest BCUT2D eigenvalue weighted by Gasteiger charge is -2.39. The predicted octanol–water partition coefficient (Wildman–Crippen LogP) is 11.3. The normalized spacial score (nSPS) is 20.5. The van der Waals surface area contributed by atoms with Crippen molar-refractivity contribution in [2.75, 3.05) is 41.3 Å². The molecule has 2 fully saturated rings. The minimum Gasteiger partial charge on any atom is -0.381 e. The molecule has 2 saturated carbocycles. The van der Waals surface area contributed by atoms with E-state index >= 15 is 0 Å². The minimum atomic E-state index is 0. The van der Waals surface area contributed by atoms with Gasteiger partial charge in [0.1, 0.15) is 0 Å². The van der Waals surface area contributed by atoms with Crippen molar-refractivity contribution >= 4 is 0 Å². The second-order valence-corrected chi connectivity index (χ2v) is 13.8. The molecule has 2 aliphatic rings. The molecule has 0 aromatic carbocycles. The third-order valence-corrected chi connectivity index (χ3v) is 8.91. The number of methoxy groups -OCH3 is 1. The molecule has 5 atom stereocenters. The second-order valence-electron chi connectivity index (χ2n) is 13.8. The molecule has 4 heteroatoms. The lowest BCUT2D eigenvalue weighted by atomic mass is 9.77. The van der Waals surface area contributed by atoms with Gasteiger partial charge >= 0.3 is 0 Å². The van der Waals surface area contributed by atoms with E-state index in [1.54, 1.807) is 6.08 Å². The molecule has 2 rings (SSSR count). The Labute approximate surface area is 281 Å². The molecule has 4 nitrogen and oxygen atoms in total. The quantitative estimate of drug-likeness (QED) is 0.184. The Morgan fingerprint density at radius 2 is 1.45 bits per heavy atom. The highest BCUT2D eigenvalue weighted by Crippen LogP contribution is 2.34. The maximum Gasteiger partial charge on any atom is 0.0571 e. The summed E-state index contributed by atoms with van der Waals surface area (Å²) in [6, 6.07) is 1.68. The van der Waals surface area contributed by atoms with Crippen LogP contribution in [0.4, 0.5) is 0 Å². The molecule has 0 radical (unpaired) electrons. The number of nitrogens with two attached hydrogens (primary N) is 1. The van der Waals surface area contributed by atoms with Crippen LogP contribution in [0.25, 0.3) is 0 Å². The molecule has 2 N–H and O–H groups in total. The molecule has 0 amide bonds. The van der Waals surface area contributed by atoms with Crippen molar-refractivity contribution in [1.82, 2.24) is 9.80 Å². The van der Waals surface area contributed by atoms with E-state index < -0.39 is 0 Å². The minimum absolute atomic E-state index is 0. The molecule has 0 bridgehead atoms. The molecule has 0 aromatic heterocycles. The Bertz CT molecular complexity index is 575. The Hall–Kier alpha value is -0.680. The van der Waals surface area contributed by atoms with Crippen LogP contribution < -0.4 is 5.73 Å². The first-order chi connectivity index (χ1) is 20.5. The number of allylic oxidation sites excluding steroid dienone is 2. The van der Waals surface area contributed by atoms with Gasteiger partial charge in [-0.25, -0.2) is 0 Å². The highest BCUT2D eigenvalue weighted by molar-refractivity contribution is 4.83. The first kappa shape index (κ1) is 50.2. The van der Waals surface area contributed by atoms with Crippen LogP contribution in [0.3, 0.4) is 0 Å². The third-order valence-electron chi connectivity index (χ3n) is 8.91. The van der Waals surface area contributed by atoms with Gasteiger partial charge < -0.3 is 20.3 Å². The van der Waals surface area contributed by atoms with E-state index in [-0.39, 0.29) is 7.43 Å². The van der Waals surface area contributed by atoms with E-state index in [4.69, 9.17) is 10.5 Å². The highest BCUT2D eigenvalue weighted by atomic mass is 16.5. The average Bonchev–Trinajstić information content (AvgIpc) is 2.96. The zero-order chi connectivity index (χ0) is 33.6. The fourth-order valence-corrected chi connectivity index (χ4v) is 5.83. The summed E-state index contributed by atoms with van der Waals surface area (Å²) in [4.78, 5) is 5.03. The van der Waals surface area contributed by atoms with Crippen molar-refractivity contribution < 1.29 is 4.74 Å². The molecule has 0 aromatic rings. The molecular formula is C40H87N3O. The summed E-state index contributed by atoms with van der Waals surface area (Å²) in [6.45, 7) is 26.3. The Kier molecular flexibility index (Phi) is 40.1. The monoisotopic (exact) mass is 626 g/mol. The third kappa shape index (κ3) is 28.8. The zero-order valence-corrected chi connectivity index (χ0v) is 31.8. The molecule has 0 heterocycles. The van der Waals surface area contributed by atoms with Crippen molar-refractivity contribution in [1.29, 1.82) is 0 Å². The van der Waals surface area contributed by atoms with Crippen molar-refractivity contribution in [3.05, 3.63) is 25.3 Å². The number of hydrogen-bond acceptors (Lipinski definition) is 4. The van der Waals surface area contributed by atoms with Crippen LogP contribution in [0.15, 0.2) is 25.3 Å². The lowest BCUT2D eigenvalue weighted by Crippen LogP contribution is -2.41. The van der Waals surface area contributed by atoms with E-state index in [9.17, 15) is 0 Å². The van der Waals surface area contributed by atoms with E-state index in [2.05, 4.69) is 92.6 Å². The van der Waals surface area contributed by atoms with E-state index in [1.165, 1.54) is 90.0 Å². The highest BCUT2D eigenvalue weighted by Gasteiger charge is 2.29. The summed E-state index contributed by atoms with van der Waals surface area (Å²) in [5, 5.41) is 0.